The predicted molar refractivity (Wildman–Crippen MR) is 69.5 cm³/mol. The summed E-state index contributed by atoms with van der Waals surface area (Å²) in [5.41, 5.74) is 5.55. The molecule has 0 unspecified atom stereocenters. The average molecular weight is 230 g/mol. The van der Waals surface area contributed by atoms with E-state index in [4.69, 9.17) is 4.74 Å². The molecule has 3 heteroatoms. The maximum absolute atomic E-state index is 5.37. The highest BCUT2D eigenvalue weighted by molar-refractivity contribution is 5.66. The Balaban J connectivity index is 2.58. The minimum Gasteiger partial charge on any atom is -0.496 e. The molecule has 1 N–H and O–H groups in total. The summed E-state index contributed by atoms with van der Waals surface area (Å²) in [5.74, 6) is 1.90. The number of aromatic amines is 1. The van der Waals surface area contributed by atoms with Gasteiger partial charge < -0.3 is 9.72 Å². The predicted octanol–water partition coefficient (Wildman–Crippen LogP) is 3.32. The maximum Gasteiger partial charge on any atom is 0.124 e. The van der Waals surface area contributed by atoms with Gasteiger partial charge in [0.15, 0.2) is 0 Å². The van der Waals surface area contributed by atoms with E-state index in [9.17, 15) is 0 Å². The van der Waals surface area contributed by atoms with Crippen molar-refractivity contribution in [3.8, 4) is 17.0 Å². The Hall–Kier alpha value is -1.77. The van der Waals surface area contributed by atoms with Crippen LogP contribution in [0, 0.1) is 27.7 Å². The highest BCUT2D eigenvalue weighted by atomic mass is 16.5. The van der Waals surface area contributed by atoms with Crippen LogP contribution in [0.25, 0.3) is 11.3 Å². The molecule has 0 aliphatic heterocycles. The van der Waals surface area contributed by atoms with Gasteiger partial charge in [0, 0.05) is 11.3 Å². The van der Waals surface area contributed by atoms with Crippen LogP contribution < -0.4 is 4.74 Å². The zero-order valence-corrected chi connectivity index (χ0v) is 11.0. The lowest BCUT2D eigenvalue weighted by Crippen LogP contribution is -1.93. The number of aryl methyl sites for hydroxylation is 4. The number of hydrogen-bond donors (Lipinski definition) is 1. The molecule has 0 radical (unpaired) electrons. The zero-order chi connectivity index (χ0) is 12.6. The summed E-state index contributed by atoms with van der Waals surface area (Å²) in [4.78, 5) is 7.75. The highest BCUT2D eigenvalue weighted by Crippen LogP contribution is 2.30. The van der Waals surface area contributed by atoms with Crippen molar-refractivity contribution in [2.24, 2.45) is 0 Å². The van der Waals surface area contributed by atoms with Gasteiger partial charge in [0.05, 0.1) is 12.8 Å². The van der Waals surface area contributed by atoms with Gasteiger partial charge in [-0.2, -0.15) is 0 Å². The van der Waals surface area contributed by atoms with Crippen molar-refractivity contribution in [2.45, 2.75) is 27.7 Å². The first-order valence-corrected chi connectivity index (χ1v) is 5.71. The third kappa shape index (κ3) is 2.05. The molecule has 0 aliphatic carbocycles. The van der Waals surface area contributed by atoms with Gasteiger partial charge in [-0.05, 0) is 51.0 Å². The first-order valence-electron chi connectivity index (χ1n) is 5.71. The number of H-pyrrole nitrogens is 1. The van der Waals surface area contributed by atoms with Crippen LogP contribution in [0.3, 0.4) is 0 Å². The second-order valence-corrected chi connectivity index (χ2v) is 4.44. The van der Waals surface area contributed by atoms with E-state index >= 15 is 0 Å². The fourth-order valence-corrected chi connectivity index (χ4v) is 2.30. The number of benzene rings is 1. The summed E-state index contributed by atoms with van der Waals surface area (Å²) in [6.45, 7) is 8.14. The van der Waals surface area contributed by atoms with Crippen molar-refractivity contribution in [1.82, 2.24) is 9.97 Å². The molecule has 17 heavy (non-hydrogen) atoms. The minimum atomic E-state index is 0.948. The van der Waals surface area contributed by atoms with Crippen LogP contribution in [0.5, 0.6) is 5.75 Å². The molecule has 1 heterocycles. The van der Waals surface area contributed by atoms with Gasteiger partial charge in [0.1, 0.15) is 11.6 Å². The van der Waals surface area contributed by atoms with E-state index in [1.54, 1.807) is 7.11 Å². The molecule has 0 bridgehead atoms. The second kappa shape index (κ2) is 4.24. The lowest BCUT2D eigenvalue weighted by molar-refractivity contribution is 0.408. The largest absolute Gasteiger partial charge is 0.496 e. The van der Waals surface area contributed by atoms with E-state index in [0.29, 0.717) is 0 Å². The molecule has 2 aromatic rings. The number of imidazole rings is 1. The molecule has 0 atom stereocenters. The number of hydrogen-bond acceptors (Lipinski definition) is 2. The summed E-state index contributed by atoms with van der Waals surface area (Å²) < 4.78 is 5.37. The first-order chi connectivity index (χ1) is 8.02. The molecule has 0 saturated carbocycles. The van der Waals surface area contributed by atoms with Crippen molar-refractivity contribution < 1.29 is 4.74 Å². The van der Waals surface area contributed by atoms with Gasteiger partial charge in [-0.3, -0.25) is 0 Å². The normalized spacial score (nSPS) is 10.6. The van der Waals surface area contributed by atoms with Crippen LogP contribution in [0.15, 0.2) is 12.1 Å². The Morgan fingerprint density at radius 2 is 1.65 bits per heavy atom. The highest BCUT2D eigenvalue weighted by Gasteiger charge is 2.11. The smallest absolute Gasteiger partial charge is 0.124 e. The van der Waals surface area contributed by atoms with Crippen LogP contribution in [0.1, 0.15) is 22.6 Å². The number of aromatic nitrogens is 2. The number of nitrogens with zero attached hydrogens (tertiary/aromatic N) is 1. The fraction of sp³-hybridized carbons (Fsp3) is 0.357. The van der Waals surface area contributed by atoms with E-state index in [-0.39, 0.29) is 0 Å². The summed E-state index contributed by atoms with van der Waals surface area (Å²) >= 11 is 0. The van der Waals surface area contributed by atoms with Crippen molar-refractivity contribution in [3.63, 3.8) is 0 Å². The summed E-state index contributed by atoms with van der Waals surface area (Å²) in [6, 6.07) is 4.24. The Morgan fingerprint density at radius 3 is 2.06 bits per heavy atom. The average Bonchev–Trinajstić information content (AvgIpc) is 2.57. The third-order valence-electron chi connectivity index (χ3n) is 2.94. The lowest BCUT2D eigenvalue weighted by atomic mass is 10.0. The van der Waals surface area contributed by atoms with Gasteiger partial charge in [0.2, 0.25) is 0 Å². The van der Waals surface area contributed by atoms with Gasteiger partial charge in [0.25, 0.3) is 0 Å². The number of nitrogens with one attached hydrogen (secondary N) is 1. The Kier molecular flexibility index (Phi) is 2.92. The fourth-order valence-electron chi connectivity index (χ4n) is 2.30. The number of ether oxygens (including phenoxy) is 1. The number of methoxy groups -OCH3 is 1. The van der Waals surface area contributed by atoms with Gasteiger partial charge in [-0.25, -0.2) is 4.98 Å². The Labute approximate surface area is 102 Å². The maximum atomic E-state index is 5.37. The molecule has 1 aromatic heterocycles. The van der Waals surface area contributed by atoms with Crippen LogP contribution >= 0.6 is 0 Å². The van der Waals surface area contributed by atoms with Crippen molar-refractivity contribution in [1.29, 1.82) is 0 Å². The van der Waals surface area contributed by atoms with E-state index in [1.807, 2.05) is 13.8 Å². The van der Waals surface area contributed by atoms with Crippen LogP contribution in [-0.4, -0.2) is 17.1 Å². The molecule has 0 aliphatic rings. The summed E-state index contributed by atoms with van der Waals surface area (Å²) in [6.07, 6.45) is 0. The lowest BCUT2D eigenvalue weighted by Gasteiger charge is -2.10. The molecule has 0 spiro atoms. The van der Waals surface area contributed by atoms with Crippen LogP contribution in [0.4, 0.5) is 0 Å². The van der Waals surface area contributed by atoms with Gasteiger partial charge >= 0.3 is 0 Å². The second-order valence-electron chi connectivity index (χ2n) is 4.44. The monoisotopic (exact) mass is 230 g/mol. The third-order valence-corrected chi connectivity index (χ3v) is 2.94. The van der Waals surface area contributed by atoms with Gasteiger partial charge in [-0.15, -0.1) is 0 Å². The van der Waals surface area contributed by atoms with Crippen molar-refractivity contribution in [3.05, 3.63) is 34.8 Å². The summed E-state index contributed by atoms with van der Waals surface area (Å²) in [5, 5.41) is 0. The number of rotatable bonds is 2. The van der Waals surface area contributed by atoms with Crippen molar-refractivity contribution in [2.75, 3.05) is 7.11 Å². The first kappa shape index (κ1) is 11.7. The molecular weight excluding hydrogens is 212 g/mol. The molecule has 90 valence electrons. The summed E-state index contributed by atoms with van der Waals surface area (Å²) in [7, 11) is 1.71. The van der Waals surface area contributed by atoms with Crippen LogP contribution in [-0.2, 0) is 0 Å². The van der Waals surface area contributed by atoms with E-state index in [2.05, 4.69) is 35.9 Å². The SMILES string of the molecule is COc1c(C)cc(-c2nc(C)[nH]c2C)cc1C. The Morgan fingerprint density at radius 1 is 1.06 bits per heavy atom. The molecule has 0 fully saturated rings. The molecule has 2 rings (SSSR count). The van der Waals surface area contributed by atoms with E-state index < -0.39 is 0 Å². The van der Waals surface area contributed by atoms with E-state index in [0.717, 1.165) is 39.7 Å². The molecule has 3 nitrogen and oxygen atoms in total. The quantitative estimate of drug-likeness (QED) is 0.859. The molecule has 0 amide bonds. The minimum absolute atomic E-state index is 0.948. The van der Waals surface area contributed by atoms with Crippen LogP contribution in [0.2, 0.25) is 0 Å². The van der Waals surface area contributed by atoms with E-state index in [1.165, 1.54) is 0 Å². The van der Waals surface area contributed by atoms with Crippen molar-refractivity contribution >= 4 is 0 Å². The topological polar surface area (TPSA) is 37.9 Å². The van der Waals surface area contributed by atoms with Gasteiger partial charge in [-0.1, -0.05) is 0 Å². The zero-order valence-electron chi connectivity index (χ0n) is 11.0. The Bertz CT molecular complexity index is 532. The molecule has 1 aromatic carbocycles. The molecule has 0 saturated heterocycles. The molecular formula is C14H18N2O. The standard InChI is InChI=1S/C14H18N2O/c1-8-6-12(7-9(2)14(8)17-5)13-10(3)15-11(4)16-13/h6-7H,1-5H3,(H,15,16).